The lowest BCUT2D eigenvalue weighted by Gasteiger charge is -2.72. The summed E-state index contributed by atoms with van der Waals surface area (Å²) in [5, 5.41) is 0. The number of nitrogens with zero attached hydrogens (tertiary/aromatic N) is 1. The predicted molar refractivity (Wildman–Crippen MR) is 148 cm³/mol. The monoisotopic (exact) mass is 559 g/mol. The Hall–Kier alpha value is -1.32. The van der Waals surface area contributed by atoms with Crippen LogP contribution in [0.25, 0.3) is 4.85 Å². The third-order valence-corrected chi connectivity index (χ3v) is 13.6. The van der Waals surface area contributed by atoms with E-state index in [4.69, 9.17) is 11.1 Å². The van der Waals surface area contributed by atoms with Crippen molar-refractivity contribution in [3.63, 3.8) is 0 Å². The molecule has 8 atom stereocenters. The highest BCUT2D eigenvalue weighted by Crippen LogP contribution is 2.76. The van der Waals surface area contributed by atoms with Crippen LogP contribution in [0.4, 0.5) is 0 Å². The minimum Gasteiger partial charge on any atom is -0.307 e. The lowest BCUT2D eigenvalue weighted by molar-refractivity contribution is -0.225. The summed E-state index contributed by atoms with van der Waals surface area (Å²) in [6.45, 7) is 23.1. The minimum atomic E-state index is -4.63. The van der Waals surface area contributed by atoms with Crippen LogP contribution in [0.3, 0.4) is 0 Å². The van der Waals surface area contributed by atoms with Crippen molar-refractivity contribution >= 4 is 19.4 Å². The van der Waals surface area contributed by atoms with Gasteiger partial charge in [0.1, 0.15) is 5.78 Å². The summed E-state index contributed by atoms with van der Waals surface area (Å²) >= 11 is 0. The van der Waals surface area contributed by atoms with Gasteiger partial charge in [-0.1, -0.05) is 54.5 Å². The molecule has 0 aromatic carbocycles. The van der Waals surface area contributed by atoms with E-state index < -0.39 is 24.1 Å². The van der Waals surface area contributed by atoms with Gasteiger partial charge < -0.3 is 14.6 Å². The Balaban J connectivity index is 1.60. The highest BCUT2D eigenvalue weighted by atomic mass is 31.2. The van der Waals surface area contributed by atoms with E-state index in [-0.39, 0.29) is 63.8 Å². The van der Waals surface area contributed by atoms with E-state index in [0.717, 1.165) is 44.9 Å². The molecule has 0 radical (unpaired) electrons. The second kappa shape index (κ2) is 8.60. The second-order valence-electron chi connectivity index (χ2n) is 15.8. The van der Waals surface area contributed by atoms with E-state index in [9.17, 15) is 23.9 Å². The lowest BCUT2D eigenvalue weighted by atomic mass is 9.32. The van der Waals surface area contributed by atoms with Crippen LogP contribution in [-0.4, -0.2) is 28.0 Å². The number of carbonyl (C=O) groups is 2. The molecule has 0 unspecified atom stereocenters. The van der Waals surface area contributed by atoms with Crippen LogP contribution < -0.4 is 0 Å². The van der Waals surface area contributed by atoms with Crippen molar-refractivity contribution in [2.45, 2.75) is 99.8 Å². The molecular formula is C31H46NO6P. The van der Waals surface area contributed by atoms with Gasteiger partial charge in [0.2, 0.25) is 5.70 Å². The Morgan fingerprint density at radius 2 is 1.62 bits per heavy atom. The molecule has 5 aliphatic rings. The molecule has 0 bridgehead atoms. The molecule has 0 heterocycles. The van der Waals surface area contributed by atoms with Gasteiger partial charge in [0.25, 0.3) is 0 Å². The van der Waals surface area contributed by atoms with Crippen molar-refractivity contribution in [3.8, 4) is 0 Å². The zero-order valence-electron chi connectivity index (χ0n) is 24.7. The highest BCUT2D eigenvalue weighted by Gasteiger charge is 2.72. The molecule has 0 aliphatic heterocycles. The smallest absolute Gasteiger partial charge is 0.307 e. The zero-order valence-corrected chi connectivity index (χ0v) is 25.6. The number of phosphoric ester groups is 1. The van der Waals surface area contributed by atoms with Crippen molar-refractivity contribution in [2.75, 3.05) is 6.61 Å². The SMILES string of the molecule is [C-]#[N+]C1=C[C@]2(C)[C@H]3CC(=O)[C@@H]4[C@@H]5CC(C)(C)CC[C@]5(COP(=O)(O)O)CC[C@@]4(C)[C@]3(C)CC[C@H]2C(C)(C)C1=O. The van der Waals surface area contributed by atoms with Crippen LogP contribution in [-0.2, 0) is 18.7 Å². The summed E-state index contributed by atoms with van der Waals surface area (Å²) in [5.41, 5.74) is -1.71. The molecule has 216 valence electrons. The molecule has 5 aliphatic carbocycles. The highest BCUT2D eigenvalue weighted by molar-refractivity contribution is 7.46. The summed E-state index contributed by atoms with van der Waals surface area (Å²) in [6, 6.07) is 0. The molecule has 0 spiro atoms. The van der Waals surface area contributed by atoms with E-state index >= 15 is 0 Å². The van der Waals surface area contributed by atoms with Crippen LogP contribution in [0, 0.1) is 62.7 Å². The van der Waals surface area contributed by atoms with Crippen molar-refractivity contribution in [2.24, 2.45) is 56.2 Å². The van der Waals surface area contributed by atoms with E-state index in [1.807, 2.05) is 19.9 Å². The second-order valence-corrected chi connectivity index (χ2v) is 17.0. The largest absolute Gasteiger partial charge is 0.469 e. The van der Waals surface area contributed by atoms with Gasteiger partial charge in [0, 0.05) is 17.8 Å². The first-order valence-corrected chi connectivity index (χ1v) is 16.2. The number of hydrogen-bond acceptors (Lipinski definition) is 4. The van der Waals surface area contributed by atoms with Gasteiger partial charge >= 0.3 is 7.82 Å². The fraction of sp³-hybridized carbons (Fsp3) is 0.839. The van der Waals surface area contributed by atoms with Crippen molar-refractivity contribution in [1.29, 1.82) is 0 Å². The number of phosphoric acid groups is 1. The average molecular weight is 560 g/mol. The standard InChI is InChI=1S/C31H46NO6P/c1-26(2)11-13-31(18-38-39(35,36)37)14-12-30(7)24(19(31)16-26)21(33)15-23-28(5)17-20(32-8)25(34)27(3,4)22(28)9-10-29(23,30)6/h17,19,22-24H,9-16,18H2,1-7H3,(H2,35,36,37)/t19-,22-,23+,24-,28-,29+,30+,31+/m0/s1. The van der Waals surface area contributed by atoms with Gasteiger partial charge in [-0.05, 0) is 89.8 Å². The van der Waals surface area contributed by atoms with Crippen LogP contribution in [0.15, 0.2) is 11.8 Å². The minimum absolute atomic E-state index is 0.000994. The van der Waals surface area contributed by atoms with Gasteiger partial charge in [-0.3, -0.25) is 9.32 Å². The summed E-state index contributed by atoms with van der Waals surface area (Å²) in [4.78, 5) is 50.6. The van der Waals surface area contributed by atoms with Crippen molar-refractivity contribution in [1.82, 2.24) is 0 Å². The molecule has 0 amide bonds. The quantitative estimate of drug-likeness (QED) is 0.293. The topological polar surface area (TPSA) is 105 Å². The number of hydrogen-bond donors (Lipinski definition) is 2. The van der Waals surface area contributed by atoms with Crippen LogP contribution in [0.5, 0.6) is 0 Å². The summed E-state index contributed by atoms with van der Waals surface area (Å²) in [6.07, 6.45) is 8.33. The first-order valence-electron chi connectivity index (χ1n) is 14.6. The predicted octanol–water partition coefficient (Wildman–Crippen LogP) is 6.75. The maximum absolute atomic E-state index is 14.5. The number of Topliss-reactive ketones (excluding diaryl/α,β-unsaturated/α-hetero) is 2. The number of rotatable bonds is 3. The molecule has 4 fully saturated rings. The molecule has 0 aromatic rings. The average Bonchev–Trinajstić information content (AvgIpc) is 2.81. The Morgan fingerprint density at radius 1 is 0.974 bits per heavy atom. The molecule has 0 aromatic heterocycles. The van der Waals surface area contributed by atoms with Crippen LogP contribution in [0.1, 0.15) is 99.8 Å². The number of allylic oxidation sites excluding steroid dienone is 2. The van der Waals surface area contributed by atoms with Crippen molar-refractivity contribution in [3.05, 3.63) is 23.2 Å². The van der Waals surface area contributed by atoms with E-state index in [2.05, 4.69) is 39.5 Å². The lowest BCUT2D eigenvalue weighted by Crippen LogP contribution is -2.68. The van der Waals surface area contributed by atoms with Gasteiger partial charge in [-0.2, -0.15) is 0 Å². The van der Waals surface area contributed by atoms with Crippen molar-refractivity contribution < 1.29 is 28.5 Å². The summed E-state index contributed by atoms with van der Waals surface area (Å²) in [5.74, 6) is 0.0688. The molecule has 0 saturated heterocycles. The first-order chi connectivity index (χ1) is 17.8. The normalized spacial score (nSPS) is 46.6. The van der Waals surface area contributed by atoms with E-state index in [1.54, 1.807) is 0 Å². The van der Waals surface area contributed by atoms with Gasteiger partial charge in [0.05, 0.1) is 13.2 Å². The van der Waals surface area contributed by atoms with E-state index in [0.29, 0.717) is 6.42 Å². The van der Waals surface area contributed by atoms with Crippen LogP contribution >= 0.6 is 7.82 Å². The molecular weight excluding hydrogens is 513 g/mol. The van der Waals surface area contributed by atoms with Gasteiger partial charge in [-0.15, -0.1) is 0 Å². The molecule has 5 rings (SSSR count). The molecule has 4 saturated carbocycles. The maximum atomic E-state index is 14.5. The Bertz CT molecular complexity index is 1230. The third-order valence-electron chi connectivity index (χ3n) is 13.1. The Morgan fingerprint density at radius 3 is 2.23 bits per heavy atom. The Kier molecular flexibility index (Phi) is 6.44. The summed E-state index contributed by atoms with van der Waals surface area (Å²) < 4.78 is 17.0. The van der Waals surface area contributed by atoms with Gasteiger partial charge in [0.15, 0.2) is 5.78 Å². The third kappa shape index (κ3) is 4.03. The molecule has 2 N–H and O–H groups in total. The Labute approximate surface area is 233 Å². The number of carbonyl (C=O) groups excluding carboxylic acids is 2. The van der Waals surface area contributed by atoms with E-state index in [1.165, 1.54) is 0 Å². The summed E-state index contributed by atoms with van der Waals surface area (Å²) in [7, 11) is -4.63. The first kappa shape index (κ1) is 29.2. The van der Waals surface area contributed by atoms with Gasteiger partial charge in [-0.25, -0.2) is 9.41 Å². The fourth-order valence-corrected chi connectivity index (χ4v) is 11.3. The number of fused-ring (bicyclic) bond motifs is 7. The molecule has 39 heavy (non-hydrogen) atoms. The molecule has 8 heteroatoms. The van der Waals surface area contributed by atoms with Crippen LogP contribution in [0.2, 0.25) is 0 Å². The fourth-order valence-electron chi connectivity index (χ4n) is 10.8. The maximum Gasteiger partial charge on any atom is 0.469 e. The number of ketones is 2. The molecule has 7 nitrogen and oxygen atoms in total. The zero-order chi connectivity index (χ0) is 29.0.